The lowest BCUT2D eigenvalue weighted by atomic mass is 9.85. The number of fused-ring (bicyclic) bond motifs is 1. The van der Waals surface area contributed by atoms with Gasteiger partial charge >= 0.3 is 6.18 Å². The van der Waals surface area contributed by atoms with Crippen molar-refractivity contribution in [3.63, 3.8) is 0 Å². The van der Waals surface area contributed by atoms with Crippen LogP contribution in [-0.2, 0) is 11.0 Å². The molecule has 0 radical (unpaired) electrons. The quantitative estimate of drug-likeness (QED) is 0.664. The Balaban J connectivity index is 1.49. The standard InChI is InChI=1S/C17H18F3N7OS/c1-8-6-29-16(23-8)26-14(28)9-2-4-10(5-3-9)27-7-22-11-12(21)24-15(17(18,19)20)25-13(11)27/h6-7,9-10H,2-5H2,1H3,(H2,21,24,25)(H,23,26,28). The van der Waals surface area contributed by atoms with Crippen molar-refractivity contribution >= 4 is 39.4 Å². The Labute approximate surface area is 167 Å². The van der Waals surface area contributed by atoms with E-state index in [1.807, 2.05) is 12.3 Å². The number of carbonyl (C=O) groups excluding carboxylic acids is 1. The maximum absolute atomic E-state index is 13.0. The normalized spacial score (nSPS) is 20.1. The second-order valence-electron chi connectivity index (χ2n) is 7.04. The Morgan fingerprint density at radius 2 is 1.97 bits per heavy atom. The van der Waals surface area contributed by atoms with Crippen LogP contribution in [0.3, 0.4) is 0 Å². The van der Waals surface area contributed by atoms with E-state index in [0.717, 1.165) is 5.69 Å². The van der Waals surface area contributed by atoms with Crippen molar-refractivity contribution in [3.8, 4) is 0 Å². The molecule has 3 N–H and O–H groups in total. The Morgan fingerprint density at radius 3 is 2.59 bits per heavy atom. The summed E-state index contributed by atoms with van der Waals surface area (Å²) in [4.78, 5) is 27.7. The van der Waals surface area contributed by atoms with E-state index in [1.165, 1.54) is 17.7 Å². The zero-order valence-corrected chi connectivity index (χ0v) is 16.2. The van der Waals surface area contributed by atoms with Crippen molar-refractivity contribution in [2.24, 2.45) is 5.92 Å². The molecule has 0 aliphatic heterocycles. The summed E-state index contributed by atoms with van der Waals surface area (Å²) >= 11 is 1.37. The molecule has 0 aromatic carbocycles. The highest BCUT2D eigenvalue weighted by molar-refractivity contribution is 7.13. The van der Waals surface area contributed by atoms with E-state index in [2.05, 4.69) is 25.3 Å². The number of alkyl halides is 3. The molecular weight excluding hydrogens is 407 g/mol. The smallest absolute Gasteiger partial charge is 0.382 e. The minimum Gasteiger partial charge on any atom is -0.382 e. The number of halogens is 3. The van der Waals surface area contributed by atoms with Crippen LogP contribution in [0.1, 0.15) is 43.2 Å². The number of imidazole rings is 1. The van der Waals surface area contributed by atoms with E-state index in [0.29, 0.717) is 30.8 Å². The molecule has 154 valence electrons. The Morgan fingerprint density at radius 1 is 1.24 bits per heavy atom. The van der Waals surface area contributed by atoms with Crippen LogP contribution in [0.4, 0.5) is 24.1 Å². The van der Waals surface area contributed by atoms with Crippen LogP contribution in [0.15, 0.2) is 11.7 Å². The Bertz CT molecular complexity index is 1050. The van der Waals surface area contributed by atoms with Gasteiger partial charge in [-0.15, -0.1) is 11.3 Å². The van der Waals surface area contributed by atoms with Gasteiger partial charge in [0.1, 0.15) is 5.52 Å². The summed E-state index contributed by atoms with van der Waals surface area (Å²) in [7, 11) is 0. The topological polar surface area (TPSA) is 112 Å². The van der Waals surface area contributed by atoms with Gasteiger partial charge in [0.2, 0.25) is 11.7 Å². The summed E-state index contributed by atoms with van der Waals surface area (Å²) in [5.74, 6) is -1.83. The lowest BCUT2D eigenvalue weighted by molar-refractivity contribution is -0.144. The Kier molecular flexibility index (Phi) is 4.89. The molecule has 1 fully saturated rings. The second-order valence-corrected chi connectivity index (χ2v) is 7.90. The third kappa shape index (κ3) is 3.88. The van der Waals surface area contributed by atoms with Crippen molar-refractivity contribution in [2.45, 2.75) is 44.8 Å². The fourth-order valence-corrected chi connectivity index (χ4v) is 4.26. The van der Waals surface area contributed by atoms with Crippen LogP contribution in [-0.4, -0.2) is 30.4 Å². The van der Waals surface area contributed by atoms with E-state index in [1.54, 1.807) is 4.57 Å². The van der Waals surface area contributed by atoms with Gasteiger partial charge in [-0.3, -0.25) is 4.79 Å². The number of rotatable bonds is 3. The zero-order valence-electron chi connectivity index (χ0n) is 15.4. The first-order valence-electron chi connectivity index (χ1n) is 9.02. The molecule has 0 spiro atoms. The van der Waals surface area contributed by atoms with Crippen molar-refractivity contribution in [2.75, 3.05) is 11.1 Å². The third-order valence-corrected chi connectivity index (χ3v) is 5.89. The van der Waals surface area contributed by atoms with Crippen LogP contribution >= 0.6 is 11.3 Å². The van der Waals surface area contributed by atoms with E-state index >= 15 is 0 Å². The minimum absolute atomic E-state index is 0.0657. The predicted octanol–water partition coefficient (Wildman–Crippen LogP) is 3.56. The van der Waals surface area contributed by atoms with Crippen molar-refractivity contribution in [1.82, 2.24) is 24.5 Å². The molecule has 3 aromatic rings. The molecule has 8 nitrogen and oxygen atoms in total. The average molecular weight is 425 g/mol. The van der Waals surface area contributed by atoms with E-state index in [-0.39, 0.29) is 34.8 Å². The van der Waals surface area contributed by atoms with E-state index in [9.17, 15) is 18.0 Å². The number of nitrogens with one attached hydrogen (secondary N) is 1. The predicted molar refractivity (Wildman–Crippen MR) is 101 cm³/mol. The third-order valence-electron chi connectivity index (χ3n) is 5.01. The molecule has 0 bridgehead atoms. The number of nitrogens with two attached hydrogens (primary N) is 1. The largest absolute Gasteiger partial charge is 0.451 e. The average Bonchev–Trinajstić information content (AvgIpc) is 3.27. The van der Waals surface area contributed by atoms with Crippen LogP contribution in [0.5, 0.6) is 0 Å². The van der Waals surface area contributed by atoms with Crippen molar-refractivity contribution in [3.05, 3.63) is 23.2 Å². The second kappa shape index (κ2) is 7.25. The molecular formula is C17H18F3N7OS. The number of hydrogen-bond donors (Lipinski definition) is 2. The molecule has 3 aromatic heterocycles. The molecule has 1 aliphatic rings. The summed E-state index contributed by atoms with van der Waals surface area (Å²) < 4.78 is 40.7. The molecule has 0 atom stereocenters. The van der Waals surface area contributed by atoms with Gasteiger partial charge in [0.25, 0.3) is 0 Å². The molecule has 1 saturated carbocycles. The van der Waals surface area contributed by atoms with Crippen LogP contribution in [0.25, 0.3) is 11.2 Å². The molecule has 12 heteroatoms. The monoisotopic (exact) mass is 425 g/mol. The number of nitrogens with zero attached hydrogens (tertiary/aromatic N) is 5. The number of carbonyl (C=O) groups is 1. The fourth-order valence-electron chi connectivity index (χ4n) is 3.57. The van der Waals surface area contributed by atoms with Crippen molar-refractivity contribution < 1.29 is 18.0 Å². The molecule has 1 amide bonds. The summed E-state index contributed by atoms with van der Waals surface area (Å²) in [5.41, 5.74) is 6.71. The molecule has 1 aliphatic carbocycles. The van der Waals surface area contributed by atoms with E-state index < -0.39 is 12.0 Å². The Hall–Kier alpha value is -2.76. The van der Waals surface area contributed by atoms with Gasteiger partial charge in [0, 0.05) is 17.3 Å². The van der Waals surface area contributed by atoms with Gasteiger partial charge in [-0.25, -0.2) is 19.9 Å². The SMILES string of the molecule is Cc1csc(NC(=O)C2CCC(n3cnc4c(N)nc(C(F)(F)F)nc43)CC2)n1. The first-order chi connectivity index (χ1) is 13.7. The summed E-state index contributed by atoms with van der Waals surface area (Å²) in [5, 5.41) is 5.26. The number of nitrogen functional groups attached to an aromatic ring is 1. The van der Waals surface area contributed by atoms with Crippen LogP contribution in [0.2, 0.25) is 0 Å². The summed E-state index contributed by atoms with van der Waals surface area (Å²) in [6.45, 7) is 1.85. The number of hydrogen-bond acceptors (Lipinski definition) is 7. The van der Waals surface area contributed by atoms with Crippen molar-refractivity contribution in [1.29, 1.82) is 0 Å². The first kappa shape index (κ1) is 19.6. The summed E-state index contributed by atoms with van der Waals surface area (Å²) in [6.07, 6.45) is -0.807. The highest BCUT2D eigenvalue weighted by Crippen LogP contribution is 2.36. The lowest BCUT2D eigenvalue weighted by Gasteiger charge is -2.28. The number of thiazole rings is 1. The van der Waals surface area contributed by atoms with Gasteiger partial charge in [-0.1, -0.05) is 0 Å². The molecule has 0 saturated heterocycles. The highest BCUT2D eigenvalue weighted by atomic mass is 32.1. The van der Waals surface area contributed by atoms with Gasteiger partial charge in [0.15, 0.2) is 16.6 Å². The maximum atomic E-state index is 13.0. The van der Waals surface area contributed by atoms with Gasteiger partial charge in [-0.05, 0) is 32.6 Å². The lowest BCUT2D eigenvalue weighted by Crippen LogP contribution is -2.28. The molecule has 4 rings (SSSR count). The van der Waals surface area contributed by atoms with Gasteiger partial charge in [-0.2, -0.15) is 13.2 Å². The molecule has 0 unspecified atom stereocenters. The van der Waals surface area contributed by atoms with Crippen LogP contribution in [0, 0.1) is 12.8 Å². The fraction of sp³-hybridized carbons (Fsp3) is 0.471. The van der Waals surface area contributed by atoms with Crippen LogP contribution < -0.4 is 11.1 Å². The van der Waals surface area contributed by atoms with E-state index in [4.69, 9.17) is 5.73 Å². The summed E-state index contributed by atoms with van der Waals surface area (Å²) in [6, 6.07) is -0.110. The number of anilines is 2. The highest BCUT2D eigenvalue weighted by Gasteiger charge is 2.36. The number of aromatic nitrogens is 5. The number of amides is 1. The first-order valence-corrected chi connectivity index (χ1v) is 9.90. The van der Waals surface area contributed by atoms with Gasteiger partial charge < -0.3 is 15.6 Å². The number of aryl methyl sites for hydroxylation is 1. The molecule has 3 heterocycles. The molecule has 29 heavy (non-hydrogen) atoms. The minimum atomic E-state index is -4.69. The van der Waals surface area contributed by atoms with Gasteiger partial charge in [0.05, 0.1) is 12.0 Å². The zero-order chi connectivity index (χ0) is 20.8. The maximum Gasteiger partial charge on any atom is 0.451 e.